The first-order valence-corrected chi connectivity index (χ1v) is 11.4. The van der Waals surface area contributed by atoms with Gasteiger partial charge >= 0.3 is 0 Å². The molecule has 0 aliphatic carbocycles. The van der Waals surface area contributed by atoms with Crippen LogP contribution in [0, 0.1) is 0 Å². The highest BCUT2D eigenvalue weighted by Crippen LogP contribution is 2.36. The number of thioether (sulfide) groups is 1. The van der Waals surface area contributed by atoms with Crippen LogP contribution in [0.1, 0.15) is 23.7 Å². The Morgan fingerprint density at radius 3 is 2.06 bits per heavy atom. The minimum atomic E-state index is -0.789. The Hall–Kier alpha value is -2.90. The number of nitrogens with zero attached hydrogens (tertiary/aromatic N) is 1. The van der Waals surface area contributed by atoms with Crippen LogP contribution in [0.3, 0.4) is 0 Å². The number of hydrogen-bond donors (Lipinski definition) is 3. The molecule has 1 aromatic heterocycles. The second-order valence-electron chi connectivity index (χ2n) is 7.51. The quantitative estimate of drug-likeness (QED) is 0.310. The molecule has 0 spiro atoms. The number of hydrogen-bond acceptors (Lipinski definition) is 6. The molecule has 5 nitrogen and oxygen atoms in total. The highest BCUT2D eigenvalue weighted by Gasteiger charge is 2.19. The van der Waals surface area contributed by atoms with Gasteiger partial charge in [0, 0.05) is 23.3 Å². The summed E-state index contributed by atoms with van der Waals surface area (Å²) in [6.07, 6.45) is -1.33. The Kier molecular flexibility index (Phi) is 7.39. The zero-order chi connectivity index (χ0) is 22.3. The van der Waals surface area contributed by atoms with Crippen LogP contribution in [0.4, 0.5) is 0 Å². The summed E-state index contributed by atoms with van der Waals surface area (Å²) in [7, 11) is 0. The minimum absolute atomic E-state index is 0.0400. The summed E-state index contributed by atoms with van der Waals surface area (Å²) in [6.45, 7) is -0.0400. The fourth-order valence-electron chi connectivity index (χ4n) is 3.41. The third-order valence-corrected chi connectivity index (χ3v) is 6.11. The van der Waals surface area contributed by atoms with Gasteiger partial charge in [0.25, 0.3) is 5.22 Å². The maximum absolute atomic E-state index is 10.5. The normalized spacial score (nSPS) is 13.1. The number of rotatable bonds is 9. The van der Waals surface area contributed by atoms with E-state index in [1.807, 2.05) is 60.7 Å². The fraction of sp³-hybridized carbons (Fsp3) is 0.192. The van der Waals surface area contributed by atoms with E-state index in [-0.39, 0.29) is 13.0 Å². The van der Waals surface area contributed by atoms with E-state index < -0.39 is 12.2 Å². The van der Waals surface area contributed by atoms with Gasteiger partial charge < -0.3 is 19.7 Å². The van der Waals surface area contributed by atoms with Gasteiger partial charge in [-0.2, -0.15) is 0 Å². The van der Waals surface area contributed by atoms with Gasteiger partial charge in [0.1, 0.15) is 5.69 Å². The van der Waals surface area contributed by atoms with Crippen molar-refractivity contribution in [2.75, 3.05) is 5.75 Å². The van der Waals surface area contributed by atoms with Crippen molar-refractivity contribution in [3.63, 3.8) is 0 Å². The molecule has 0 aliphatic rings. The van der Waals surface area contributed by atoms with Gasteiger partial charge in [-0.3, -0.25) is 0 Å². The molecule has 0 amide bonds. The van der Waals surface area contributed by atoms with Gasteiger partial charge in [0.05, 0.1) is 18.8 Å². The first-order chi connectivity index (χ1) is 15.6. The van der Waals surface area contributed by atoms with Crippen LogP contribution in [0.25, 0.3) is 22.6 Å². The molecule has 0 saturated heterocycles. The maximum atomic E-state index is 10.5. The molecule has 4 rings (SSSR count). The lowest BCUT2D eigenvalue weighted by Crippen LogP contribution is -2.15. The standard InChI is InChI=1S/C26H25NO4S/c28-16-18-11-13-19(14-12-18)23(30)15-22(29)17-32-26-27-24(20-7-3-1-4-8-20)25(31-26)21-9-5-2-6-10-21/h1-14,22-23,28-30H,15-17H2/t22-,23-/m0/s1. The molecule has 1 heterocycles. The zero-order valence-corrected chi connectivity index (χ0v) is 18.3. The molecule has 0 fully saturated rings. The maximum Gasteiger partial charge on any atom is 0.256 e. The Balaban J connectivity index is 1.45. The summed E-state index contributed by atoms with van der Waals surface area (Å²) in [4.78, 5) is 4.68. The average molecular weight is 448 g/mol. The number of benzene rings is 3. The van der Waals surface area contributed by atoms with E-state index in [0.717, 1.165) is 22.4 Å². The van der Waals surface area contributed by atoms with E-state index in [9.17, 15) is 10.2 Å². The lowest BCUT2D eigenvalue weighted by Gasteiger charge is -2.15. The summed E-state index contributed by atoms with van der Waals surface area (Å²) in [5.74, 6) is 1.03. The zero-order valence-electron chi connectivity index (χ0n) is 17.5. The van der Waals surface area contributed by atoms with Gasteiger partial charge in [0.15, 0.2) is 5.76 Å². The number of aromatic nitrogens is 1. The van der Waals surface area contributed by atoms with Crippen LogP contribution in [0.2, 0.25) is 0 Å². The highest BCUT2D eigenvalue weighted by atomic mass is 32.2. The van der Waals surface area contributed by atoms with Crippen molar-refractivity contribution in [3.8, 4) is 22.6 Å². The molecular formula is C26H25NO4S. The van der Waals surface area contributed by atoms with E-state index in [1.165, 1.54) is 11.8 Å². The monoisotopic (exact) mass is 447 g/mol. The van der Waals surface area contributed by atoms with Gasteiger partial charge in [-0.25, -0.2) is 4.98 Å². The van der Waals surface area contributed by atoms with Gasteiger partial charge in [0.2, 0.25) is 0 Å². The third kappa shape index (κ3) is 5.47. The number of aliphatic hydroxyl groups is 3. The van der Waals surface area contributed by atoms with Crippen molar-refractivity contribution in [3.05, 3.63) is 96.1 Å². The molecule has 32 heavy (non-hydrogen) atoms. The van der Waals surface area contributed by atoms with Crippen LogP contribution >= 0.6 is 11.8 Å². The van der Waals surface area contributed by atoms with Crippen LogP contribution in [0.15, 0.2) is 94.6 Å². The Morgan fingerprint density at radius 2 is 1.44 bits per heavy atom. The van der Waals surface area contributed by atoms with Crippen molar-refractivity contribution >= 4 is 11.8 Å². The van der Waals surface area contributed by atoms with E-state index in [0.29, 0.717) is 22.3 Å². The van der Waals surface area contributed by atoms with Gasteiger partial charge in [-0.15, -0.1) is 0 Å². The molecular weight excluding hydrogens is 422 g/mol. The van der Waals surface area contributed by atoms with Gasteiger partial charge in [-0.1, -0.05) is 96.7 Å². The van der Waals surface area contributed by atoms with Crippen LogP contribution in [0.5, 0.6) is 0 Å². The highest BCUT2D eigenvalue weighted by molar-refractivity contribution is 7.99. The molecule has 6 heteroatoms. The summed E-state index contributed by atoms with van der Waals surface area (Å²) in [6, 6.07) is 26.8. The molecule has 0 saturated carbocycles. The molecule has 3 aromatic carbocycles. The summed E-state index contributed by atoms with van der Waals surface area (Å²) in [5, 5.41) is 30.5. The number of aliphatic hydroxyl groups excluding tert-OH is 3. The summed E-state index contributed by atoms with van der Waals surface area (Å²) >= 11 is 1.32. The van der Waals surface area contributed by atoms with E-state index in [1.54, 1.807) is 24.3 Å². The molecule has 164 valence electrons. The van der Waals surface area contributed by atoms with Crippen LogP contribution in [-0.4, -0.2) is 32.2 Å². The van der Waals surface area contributed by atoms with E-state index >= 15 is 0 Å². The molecule has 4 aromatic rings. The first kappa shape index (κ1) is 22.3. The SMILES string of the molecule is OCc1ccc([C@@H](O)C[C@H](O)CSc2nc(-c3ccccc3)c(-c3ccccc3)o2)cc1. The minimum Gasteiger partial charge on any atom is -0.431 e. The molecule has 0 unspecified atom stereocenters. The lowest BCUT2D eigenvalue weighted by atomic mass is 10.0. The van der Waals surface area contributed by atoms with Crippen molar-refractivity contribution < 1.29 is 19.7 Å². The third-order valence-electron chi connectivity index (χ3n) is 5.13. The molecule has 0 aliphatic heterocycles. The summed E-state index contributed by atoms with van der Waals surface area (Å²) in [5.41, 5.74) is 4.15. The van der Waals surface area contributed by atoms with Crippen molar-refractivity contribution in [1.82, 2.24) is 4.98 Å². The molecule has 2 atom stereocenters. The van der Waals surface area contributed by atoms with Crippen LogP contribution in [-0.2, 0) is 6.61 Å². The predicted octanol–water partition coefficient (Wildman–Crippen LogP) is 5.08. The van der Waals surface area contributed by atoms with Crippen molar-refractivity contribution in [2.24, 2.45) is 0 Å². The topological polar surface area (TPSA) is 86.7 Å². The Morgan fingerprint density at radius 1 is 0.812 bits per heavy atom. The largest absolute Gasteiger partial charge is 0.431 e. The second-order valence-corrected chi connectivity index (χ2v) is 8.48. The molecule has 0 radical (unpaired) electrons. The molecule has 3 N–H and O–H groups in total. The predicted molar refractivity (Wildman–Crippen MR) is 126 cm³/mol. The van der Waals surface area contributed by atoms with Crippen LogP contribution < -0.4 is 0 Å². The second kappa shape index (κ2) is 10.6. The van der Waals surface area contributed by atoms with E-state index in [2.05, 4.69) is 4.98 Å². The van der Waals surface area contributed by atoms with Crippen molar-refractivity contribution in [2.45, 2.75) is 30.5 Å². The van der Waals surface area contributed by atoms with Crippen molar-refractivity contribution in [1.29, 1.82) is 0 Å². The number of oxazole rings is 1. The lowest BCUT2D eigenvalue weighted by molar-refractivity contribution is 0.0929. The Bertz CT molecular complexity index is 1060. The first-order valence-electron chi connectivity index (χ1n) is 10.4. The fourth-order valence-corrected chi connectivity index (χ4v) is 4.18. The average Bonchev–Trinajstić information content (AvgIpc) is 3.28. The van der Waals surface area contributed by atoms with E-state index in [4.69, 9.17) is 9.52 Å². The Labute approximate surface area is 191 Å². The molecule has 0 bridgehead atoms. The van der Waals surface area contributed by atoms with Gasteiger partial charge in [-0.05, 0) is 11.1 Å². The summed E-state index contributed by atoms with van der Waals surface area (Å²) < 4.78 is 6.08. The smallest absolute Gasteiger partial charge is 0.256 e.